The van der Waals surface area contributed by atoms with Gasteiger partial charge in [0.1, 0.15) is 0 Å². The van der Waals surface area contributed by atoms with Crippen molar-refractivity contribution >= 4 is 26.0 Å². The van der Waals surface area contributed by atoms with Gasteiger partial charge < -0.3 is 5.11 Å². The second-order valence-corrected chi connectivity index (χ2v) is 8.31. The molecular formula is C13H20N2O6S2. The van der Waals surface area contributed by atoms with Gasteiger partial charge in [-0.05, 0) is 24.3 Å². The van der Waals surface area contributed by atoms with Crippen LogP contribution in [0, 0.1) is 0 Å². The van der Waals surface area contributed by atoms with Gasteiger partial charge in [-0.3, -0.25) is 4.79 Å². The van der Waals surface area contributed by atoms with Crippen molar-refractivity contribution in [2.75, 3.05) is 19.6 Å². The van der Waals surface area contributed by atoms with E-state index in [9.17, 15) is 21.6 Å². The molecule has 0 aliphatic rings. The normalized spacial score (nSPS) is 12.5. The molecule has 0 amide bonds. The van der Waals surface area contributed by atoms with Gasteiger partial charge in [-0.25, -0.2) is 21.6 Å². The molecule has 23 heavy (non-hydrogen) atoms. The highest BCUT2D eigenvalue weighted by Crippen LogP contribution is 2.18. The summed E-state index contributed by atoms with van der Waals surface area (Å²) in [7, 11) is -7.52. The van der Waals surface area contributed by atoms with Crippen LogP contribution in [0.4, 0.5) is 0 Å². The Bertz CT molecular complexity index is 737. The number of carbonyl (C=O) groups is 1. The van der Waals surface area contributed by atoms with Crippen LogP contribution in [0.5, 0.6) is 0 Å². The minimum Gasteiger partial charge on any atom is -0.481 e. The molecule has 0 atom stereocenters. The summed E-state index contributed by atoms with van der Waals surface area (Å²) in [5, 5.41) is 8.50. The number of aliphatic carboxylic acids is 1. The smallest absolute Gasteiger partial charge is 0.304 e. The molecule has 0 radical (unpaired) electrons. The van der Waals surface area contributed by atoms with Gasteiger partial charge in [0.05, 0.1) is 16.2 Å². The molecule has 10 heteroatoms. The maximum atomic E-state index is 12.3. The average molecular weight is 364 g/mol. The van der Waals surface area contributed by atoms with Gasteiger partial charge >= 0.3 is 5.97 Å². The summed E-state index contributed by atoms with van der Waals surface area (Å²) in [6.07, 6.45) is -0.340. The van der Waals surface area contributed by atoms with E-state index in [1.807, 2.05) is 0 Å². The molecule has 0 spiro atoms. The molecule has 1 aromatic rings. The van der Waals surface area contributed by atoms with E-state index in [0.717, 1.165) is 0 Å². The van der Waals surface area contributed by atoms with Crippen molar-refractivity contribution in [1.82, 2.24) is 9.03 Å². The van der Waals surface area contributed by atoms with Crippen molar-refractivity contribution in [3.05, 3.63) is 24.3 Å². The van der Waals surface area contributed by atoms with Crippen LogP contribution < -0.4 is 4.72 Å². The summed E-state index contributed by atoms with van der Waals surface area (Å²) < 4.78 is 51.9. The van der Waals surface area contributed by atoms with Gasteiger partial charge in [0.15, 0.2) is 0 Å². The number of nitrogens with one attached hydrogen (secondary N) is 1. The Morgan fingerprint density at radius 1 is 1.04 bits per heavy atom. The standard InChI is InChI=1S/C13H20N2O6S2/c1-3-15(4-2)23(20,21)12-7-5-11(6-8-12)22(18,19)14-10-9-13(16)17/h5-8,14H,3-4,9-10H2,1-2H3,(H,16,17). The number of sulfonamides is 2. The van der Waals surface area contributed by atoms with E-state index in [0.29, 0.717) is 13.1 Å². The lowest BCUT2D eigenvalue weighted by atomic mass is 10.4. The molecule has 0 saturated heterocycles. The number of carboxylic acid groups (broad SMARTS) is 1. The largest absolute Gasteiger partial charge is 0.481 e. The van der Waals surface area contributed by atoms with Gasteiger partial charge in [-0.2, -0.15) is 4.31 Å². The van der Waals surface area contributed by atoms with E-state index in [2.05, 4.69) is 4.72 Å². The maximum absolute atomic E-state index is 12.3. The van der Waals surface area contributed by atoms with Gasteiger partial charge in [0.2, 0.25) is 20.0 Å². The molecule has 1 rings (SSSR count). The molecular weight excluding hydrogens is 344 g/mol. The lowest BCUT2D eigenvalue weighted by Crippen LogP contribution is -2.30. The second kappa shape index (κ2) is 7.86. The number of rotatable bonds is 9. The number of hydrogen-bond acceptors (Lipinski definition) is 5. The first-order chi connectivity index (χ1) is 10.6. The number of carboxylic acids is 1. The second-order valence-electron chi connectivity index (χ2n) is 4.60. The monoisotopic (exact) mass is 364 g/mol. The SMILES string of the molecule is CCN(CC)S(=O)(=O)c1ccc(S(=O)(=O)NCCC(=O)O)cc1. The summed E-state index contributed by atoms with van der Waals surface area (Å²) >= 11 is 0. The molecule has 0 heterocycles. The Morgan fingerprint density at radius 2 is 1.52 bits per heavy atom. The van der Waals surface area contributed by atoms with E-state index in [-0.39, 0.29) is 22.8 Å². The molecule has 0 saturated carbocycles. The molecule has 0 fully saturated rings. The zero-order valence-electron chi connectivity index (χ0n) is 12.9. The van der Waals surface area contributed by atoms with Crippen LogP contribution >= 0.6 is 0 Å². The third-order valence-corrected chi connectivity index (χ3v) is 6.65. The van der Waals surface area contributed by atoms with E-state index in [1.165, 1.54) is 28.6 Å². The Morgan fingerprint density at radius 3 is 1.96 bits per heavy atom. The summed E-state index contributed by atoms with van der Waals surface area (Å²) in [4.78, 5) is 10.3. The number of nitrogens with zero attached hydrogens (tertiary/aromatic N) is 1. The van der Waals surface area contributed by atoms with Crippen LogP contribution in [0.25, 0.3) is 0 Å². The third kappa shape index (κ3) is 4.99. The highest BCUT2D eigenvalue weighted by molar-refractivity contribution is 7.89. The molecule has 0 aromatic heterocycles. The lowest BCUT2D eigenvalue weighted by molar-refractivity contribution is -0.136. The van der Waals surface area contributed by atoms with Crippen molar-refractivity contribution in [3.8, 4) is 0 Å². The average Bonchev–Trinajstić information content (AvgIpc) is 2.47. The first-order valence-electron chi connectivity index (χ1n) is 6.96. The summed E-state index contributed by atoms with van der Waals surface area (Å²) in [6.45, 7) is 3.82. The van der Waals surface area contributed by atoms with Crippen LogP contribution in [0.1, 0.15) is 20.3 Å². The Labute approximate surface area is 136 Å². The minimum absolute atomic E-state index is 0.00526. The van der Waals surface area contributed by atoms with Crippen LogP contribution in [-0.2, 0) is 24.8 Å². The predicted molar refractivity (Wildman–Crippen MR) is 84.0 cm³/mol. The van der Waals surface area contributed by atoms with Crippen molar-refractivity contribution in [3.63, 3.8) is 0 Å². The zero-order chi connectivity index (χ0) is 17.7. The summed E-state index contributed by atoms with van der Waals surface area (Å²) in [5.41, 5.74) is 0. The van der Waals surface area contributed by atoms with E-state index < -0.39 is 26.0 Å². The fraction of sp³-hybridized carbons (Fsp3) is 0.462. The highest BCUT2D eigenvalue weighted by atomic mass is 32.2. The van der Waals surface area contributed by atoms with Crippen LogP contribution in [0.3, 0.4) is 0 Å². The Hall–Kier alpha value is -1.49. The van der Waals surface area contributed by atoms with Crippen molar-refractivity contribution in [2.45, 2.75) is 30.1 Å². The van der Waals surface area contributed by atoms with Gasteiger partial charge in [-0.1, -0.05) is 13.8 Å². The van der Waals surface area contributed by atoms with Crippen LogP contribution in [0.15, 0.2) is 34.1 Å². The van der Waals surface area contributed by atoms with E-state index in [4.69, 9.17) is 5.11 Å². The van der Waals surface area contributed by atoms with Gasteiger partial charge in [-0.15, -0.1) is 0 Å². The molecule has 0 unspecified atom stereocenters. The van der Waals surface area contributed by atoms with Gasteiger partial charge in [0.25, 0.3) is 0 Å². The zero-order valence-corrected chi connectivity index (χ0v) is 14.5. The lowest BCUT2D eigenvalue weighted by Gasteiger charge is -2.18. The third-order valence-electron chi connectivity index (χ3n) is 3.11. The van der Waals surface area contributed by atoms with Crippen molar-refractivity contribution in [2.24, 2.45) is 0 Å². The molecule has 8 nitrogen and oxygen atoms in total. The molecule has 130 valence electrons. The quantitative estimate of drug-likeness (QED) is 0.657. The first-order valence-corrected chi connectivity index (χ1v) is 9.89. The number of hydrogen-bond donors (Lipinski definition) is 2. The van der Waals surface area contributed by atoms with Crippen molar-refractivity contribution in [1.29, 1.82) is 0 Å². The van der Waals surface area contributed by atoms with E-state index in [1.54, 1.807) is 13.8 Å². The first kappa shape index (κ1) is 19.6. The minimum atomic E-state index is -3.87. The summed E-state index contributed by atoms with van der Waals surface area (Å²) in [6, 6.07) is 4.80. The van der Waals surface area contributed by atoms with Crippen LogP contribution in [-0.4, -0.2) is 51.9 Å². The molecule has 2 N–H and O–H groups in total. The Balaban J connectivity index is 2.98. The molecule has 0 bridgehead atoms. The Kier molecular flexibility index (Phi) is 6.69. The maximum Gasteiger partial charge on any atom is 0.304 e. The topological polar surface area (TPSA) is 121 Å². The predicted octanol–water partition coefficient (Wildman–Crippen LogP) is 0.470. The fourth-order valence-electron chi connectivity index (χ4n) is 1.88. The van der Waals surface area contributed by atoms with E-state index >= 15 is 0 Å². The molecule has 0 aliphatic heterocycles. The van der Waals surface area contributed by atoms with Crippen LogP contribution in [0.2, 0.25) is 0 Å². The number of benzene rings is 1. The van der Waals surface area contributed by atoms with Crippen molar-refractivity contribution < 1.29 is 26.7 Å². The highest BCUT2D eigenvalue weighted by Gasteiger charge is 2.22. The van der Waals surface area contributed by atoms with Gasteiger partial charge in [0, 0.05) is 19.6 Å². The summed E-state index contributed by atoms with van der Waals surface area (Å²) in [5.74, 6) is -1.12. The molecule has 0 aliphatic carbocycles. The molecule has 1 aromatic carbocycles. The fourth-order valence-corrected chi connectivity index (χ4v) is 4.37.